The maximum atomic E-state index is 13.0. The molecule has 1 atom stereocenters. The van der Waals surface area contributed by atoms with Crippen LogP contribution in [0.5, 0.6) is 5.75 Å². The summed E-state index contributed by atoms with van der Waals surface area (Å²) in [6.45, 7) is 9.17. The molecule has 4 rings (SSSR count). The third-order valence-electron chi connectivity index (χ3n) is 5.84. The predicted molar refractivity (Wildman–Crippen MR) is 140 cm³/mol. The first-order valence-corrected chi connectivity index (χ1v) is 13.3. The second kappa shape index (κ2) is 10.00. The van der Waals surface area contributed by atoms with Crippen LogP contribution >= 0.6 is 0 Å². The quantitative estimate of drug-likeness (QED) is 0.337. The molecule has 0 aliphatic carbocycles. The van der Waals surface area contributed by atoms with Gasteiger partial charge in [-0.15, -0.1) is 0 Å². The minimum absolute atomic E-state index is 0.109. The number of rotatable bonds is 9. The fraction of sp³-hybridized carbons (Fsp3) is 0.296. The van der Waals surface area contributed by atoms with Crippen LogP contribution in [0.15, 0.2) is 71.6 Å². The summed E-state index contributed by atoms with van der Waals surface area (Å²) in [6.07, 6.45) is -0.689. The normalized spacial score (nSPS) is 12.7. The van der Waals surface area contributed by atoms with E-state index in [1.807, 2.05) is 44.2 Å². The van der Waals surface area contributed by atoms with Gasteiger partial charge < -0.3 is 14.6 Å². The van der Waals surface area contributed by atoms with E-state index in [0.717, 1.165) is 28.4 Å². The van der Waals surface area contributed by atoms with Crippen LogP contribution in [0.4, 0.5) is 5.69 Å². The Morgan fingerprint density at radius 2 is 1.63 bits per heavy atom. The van der Waals surface area contributed by atoms with Crippen LogP contribution in [-0.4, -0.2) is 31.5 Å². The Labute approximate surface area is 206 Å². The molecule has 35 heavy (non-hydrogen) atoms. The highest BCUT2D eigenvalue weighted by atomic mass is 32.2. The van der Waals surface area contributed by atoms with E-state index in [-0.39, 0.29) is 10.8 Å². The number of amides is 1. The number of nitrogens with zero attached hydrogens (tertiary/aromatic N) is 1. The number of carbonyl (C=O) groups excluding carboxylic acids is 1. The number of para-hydroxylation sites is 1. The molecule has 1 heterocycles. The lowest BCUT2D eigenvalue weighted by Crippen LogP contribution is -2.38. The van der Waals surface area contributed by atoms with E-state index in [1.54, 1.807) is 25.1 Å². The average Bonchev–Trinajstić information content (AvgIpc) is 3.15. The summed E-state index contributed by atoms with van der Waals surface area (Å²) in [5.41, 5.74) is 2.67. The van der Waals surface area contributed by atoms with Gasteiger partial charge in [0.05, 0.1) is 4.90 Å². The van der Waals surface area contributed by atoms with Crippen molar-refractivity contribution in [2.45, 2.75) is 45.2 Å². The lowest BCUT2D eigenvalue weighted by atomic mass is 10.1. The van der Waals surface area contributed by atoms with Crippen molar-refractivity contribution in [3.63, 3.8) is 0 Å². The second-order valence-corrected chi connectivity index (χ2v) is 10.7. The molecule has 1 aromatic heterocycles. The fourth-order valence-corrected chi connectivity index (χ4v) is 5.12. The van der Waals surface area contributed by atoms with Crippen molar-refractivity contribution >= 4 is 43.4 Å². The summed E-state index contributed by atoms with van der Waals surface area (Å²) < 4.78 is 36.6. The highest BCUT2D eigenvalue weighted by Gasteiger charge is 2.18. The number of benzene rings is 3. The Hall–Kier alpha value is -3.52. The SMILES string of the molecule is CCn1c2ccccc2c2cc(NS(=O)(=O)c3ccc(O[C@H](C)C(=O)NCC(C)C)cc3)ccc21. The van der Waals surface area contributed by atoms with Crippen molar-refractivity contribution in [3.05, 3.63) is 66.7 Å². The average molecular weight is 494 g/mol. The van der Waals surface area contributed by atoms with Gasteiger partial charge in [0.2, 0.25) is 0 Å². The summed E-state index contributed by atoms with van der Waals surface area (Å²) in [4.78, 5) is 12.2. The fourth-order valence-electron chi connectivity index (χ4n) is 4.08. The van der Waals surface area contributed by atoms with E-state index < -0.39 is 16.1 Å². The largest absolute Gasteiger partial charge is 0.481 e. The third kappa shape index (κ3) is 5.27. The molecule has 8 heteroatoms. The molecule has 7 nitrogen and oxygen atoms in total. The number of aromatic nitrogens is 1. The topological polar surface area (TPSA) is 89.4 Å². The molecule has 0 saturated heterocycles. The molecule has 0 spiro atoms. The lowest BCUT2D eigenvalue weighted by molar-refractivity contribution is -0.127. The Morgan fingerprint density at radius 1 is 0.943 bits per heavy atom. The van der Waals surface area contributed by atoms with Crippen LogP contribution in [0.1, 0.15) is 27.7 Å². The molecule has 0 aliphatic rings. The minimum atomic E-state index is -3.81. The predicted octanol–water partition coefficient (Wildman–Crippen LogP) is 5.15. The maximum Gasteiger partial charge on any atom is 0.261 e. The highest BCUT2D eigenvalue weighted by molar-refractivity contribution is 7.92. The summed E-state index contributed by atoms with van der Waals surface area (Å²) in [5.74, 6) is 0.552. The monoisotopic (exact) mass is 493 g/mol. The van der Waals surface area contributed by atoms with Crippen LogP contribution in [0, 0.1) is 5.92 Å². The number of anilines is 1. The molecule has 2 N–H and O–H groups in total. The lowest BCUT2D eigenvalue weighted by Gasteiger charge is -2.16. The number of ether oxygens (including phenoxy) is 1. The first kappa shape index (κ1) is 24.6. The number of carbonyl (C=O) groups is 1. The van der Waals surface area contributed by atoms with Crippen LogP contribution in [-0.2, 0) is 21.4 Å². The first-order valence-electron chi connectivity index (χ1n) is 11.8. The van der Waals surface area contributed by atoms with Crippen LogP contribution in [0.2, 0.25) is 0 Å². The van der Waals surface area contributed by atoms with E-state index in [4.69, 9.17) is 4.74 Å². The summed E-state index contributed by atoms with van der Waals surface area (Å²) in [7, 11) is -3.81. The molecule has 0 fully saturated rings. The molecule has 0 unspecified atom stereocenters. The van der Waals surface area contributed by atoms with Crippen molar-refractivity contribution in [1.82, 2.24) is 9.88 Å². The molecule has 0 radical (unpaired) electrons. The molecule has 0 aliphatic heterocycles. The van der Waals surface area contributed by atoms with Crippen LogP contribution in [0.25, 0.3) is 21.8 Å². The van der Waals surface area contributed by atoms with Gasteiger partial charge in [-0.2, -0.15) is 0 Å². The highest BCUT2D eigenvalue weighted by Crippen LogP contribution is 2.31. The molecule has 184 valence electrons. The van der Waals surface area contributed by atoms with E-state index in [9.17, 15) is 13.2 Å². The molecule has 3 aromatic carbocycles. The maximum absolute atomic E-state index is 13.0. The number of fused-ring (bicyclic) bond motifs is 3. The summed E-state index contributed by atoms with van der Waals surface area (Å²) >= 11 is 0. The van der Waals surface area contributed by atoms with Gasteiger partial charge in [0.15, 0.2) is 6.10 Å². The smallest absolute Gasteiger partial charge is 0.261 e. The Kier molecular flexibility index (Phi) is 7.03. The summed E-state index contributed by atoms with van der Waals surface area (Å²) in [6, 6.07) is 19.7. The van der Waals surface area contributed by atoms with Gasteiger partial charge in [0.25, 0.3) is 15.9 Å². The molecule has 0 saturated carbocycles. The van der Waals surface area contributed by atoms with Gasteiger partial charge >= 0.3 is 0 Å². The molecular formula is C27H31N3O4S. The van der Waals surface area contributed by atoms with Crippen molar-refractivity contribution < 1.29 is 17.9 Å². The molecule has 4 aromatic rings. The number of hydrogen-bond donors (Lipinski definition) is 2. The Balaban J connectivity index is 1.51. The van der Waals surface area contributed by atoms with E-state index >= 15 is 0 Å². The number of hydrogen-bond acceptors (Lipinski definition) is 4. The second-order valence-electron chi connectivity index (χ2n) is 8.97. The van der Waals surface area contributed by atoms with Crippen molar-refractivity contribution in [3.8, 4) is 5.75 Å². The number of sulfonamides is 1. The van der Waals surface area contributed by atoms with Gasteiger partial charge in [-0.25, -0.2) is 8.42 Å². The zero-order valence-corrected chi connectivity index (χ0v) is 21.2. The van der Waals surface area contributed by atoms with Gasteiger partial charge in [0.1, 0.15) is 5.75 Å². The van der Waals surface area contributed by atoms with Gasteiger partial charge in [-0.05, 0) is 68.3 Å². The van der Waals surface area contributed by atoms with E-state index in [1.165, 1.54) is 12.1 Å². The number of aryl methyl sites for hydroxylation is 1. The van der Waals surface area contributed by atoms with Crippen LogP contribution < -0.4 is 14.8 Å². The van der Waals surface area contributed by atoms with E-state index in [2.05, 4.69) is 27.6 Å². The molecule has 0 bridgehead atoms. The minimum Gasteiger partial charge on any atom is -0.481 e. The number of nitrogens with one attached hydrogen (secondary N) is 2. The van der Waals surface area contributed by atoms with Crippen molar-refractivity contribution in [1.29, 1.82) is 0 Å². The van der Waals surface area contributed by atoms with Gasteiger partial charge in [-0.1, -0.05) is 32.0 Å². The summed E-state index contributed by atoms with van der Waals surface area (Å²) in [5, 5.41) is 4.90. The van der Waals surface area contributed by atoms with Crippen molar-refractivity contribution in [2.24, 2.45) is 5.92 Å². The molecular weight excluding hydrogens is 462 g/mol. The zero-order chi connectivity index (χ0) is 25.2. The van der Waals surface area contributed by atoms with Gasteiger partial charge in [-0.3, -0.25) is 9.52 Å². The zero-order valence-electron chi connectivity index (χ0n) is 20.4. The standard InChI is InChI=1S/C27H31N3O4S/c1-5-30-25-9-7-6-8-23(25)24-16-20(10-15-26(24)30)29-35(32,33)22-13-11-21(12-14-22)34-19(4)27(31)28-17-18(2)3/h6-16,18-19,29H,5,17H2,1-4H3,(H,28,31)/t19-/m1/s1. The molecule has 1 amide bonds. The first-order chi connectivity index (χ1) is 16.7. The van der Waals surface area contributed by atoms with E-state index in [0.29, 0.717) is 23.9 Å². The van der Waals surface area contributed by atoms with Crippen molar-refractivity contribution in [2.75, 3.05) is 11.3 Å². The van der Waals surface area contributed by atoms with Gasteiger partial charge in [0, 0.05) is 40.6 Å². The van der Waals surface area contributed by atoms with Crippen LogP contribution in [0.3, 0.4) is 0 Å². The Morgan fingerprint density at radius 3 is 2.31 bits per heavy atom. The Bertz CT molecular complexity index is 1460. The third-order valence-corrected chi connectivity index (χ3v) is 7.24.